The molecular formula is C14H19ClO3. The fourth-order valence-corrected chi connectivity index (χ4v) is 1.49. The number of benzene rings is 1. The number of hydrogen-bond acceptors (Lipinski definition) is 3. The SMILES string of the molecule is Cc1ccc(C(=O)Cl)cc1OCCOC(C)(C)C. The lowest BCUT2D eigenvalue weighted by Gasteiger charge is -2.19. The first-order chi connectivity index (χ1) is 8.29. The quantitative estimate of drug-likeness (QED) is 0.606. The van der Waals surface area contributed by atoms with Gasteiger partial charge < -0.3 is 9.47 Å². The molecule has 1 aromatic carbocycles. The fraction of sp³-hybridized carbons (Fsp3) is 0.500. The third-order valence-corrected chi connectivity index (χ3v) is 2.51. The Hall–Kier alpha value is -1.06. The van der Waals surface area contributed by atoms with Gasteiger partial charge in [0.25, 0.3) is 5.24 Å². The van der Waals surface area contributed by atoms with Crippen molar-refractivity contribution in [3.63, 3.8) is 0 Å². The fourth-order valence-electron chi connectivity index (χ4n) is 1.38. The van der Waals surface area contributed by atoms with E-state index in [0.717, 1.165) is 5.56 Å². The van der Waals surface area contributed by atoms with Gasteiger partial charge in [0.1, 0.15) is 12.4 Å². The molecule has 0 bridgehead atoms. The molecule has 100 valence electrons. The molecule has 0 radical (unpaired) electrons. The first-order valence-electron chi connectivity index (χ1n) is 5.87. The highest BCUT2D eigenvalue weighted by molar-refractivity contribution is 6.67. The van der Waals surface area contributed by atoms with Crippen molar-refractivity contribution in [2.24, 2.45) is 0 Å². The first-order valence-corrected chi connectivity index (χ1v) is 6.24. The van der Waals surface area contributed by atoms with E-state index in [0.29, 0.717) is 24.5 Å². The van der Waals surface area contributed by atoms with Crippen molar-refractivity contribution in [2.45, 2.75) is 33.3 Å². The van der Waals surface area contributed by atoms with Crippen molar-refractivity contribution in [1.29, 1.82) is 0 Å². The summed E-state index contributed by atoms with van der Waals surface area (Å²) in [6, 6.07) is 5.15. The molecule has 0 heterocycles. The van der Waals surface area contributed by atoms with E-state index in [4.69, 9.17) is 21.1 Å². The summed E-state index contributed by atoms with van der Waals surface area (Å²) < 4.78 is 11.1. The number of aryl methyl sites for hydroxylation is 1. The van der Waals surface area contributed by atoms with Crippen molar-refractivity contribution in [3.8, 4) is 5.75 Å². The number of carbonyl (C=O) groups excluding carboxylic acids is 1. The van der Waals surface area contributed by atoms with Crippen LogP contribution in [0.4, 0.5) is 0 Å². The van der Waals surface area contributed by atoms with Gasteiger partial charge in [-0.25, -0.2) is 0 Å². The van der Waals surface area contributed by atoms with Crippen LogP contribution in [0.1, 0.15) is 36.7 Å². The molecule has 4 heteroatoms. The zero-order chi connectivity index (χ0) is 13.8. The average Bonchev–Trinajstić information content (AvgIpc) is 2.24. The summed E-state index contributed by atoms with van der Waals surface area (Å²) in [6.07, 6.45) is 0. The van der Waals surface area contributed by atoms with Crippen LogP contribution in [0.25, 0.3) is 0 Å². The van der Waals surface area contributed by atoms with E-state index in [1.54, 1.807) is 12.1 Å². The van der Waals surface area contributed by atoms with E-state index >= 15 is 0 Å². The van der Waals surface area contributed by atoms with E-state index in [9.17, 15) is 4.79 Å². The maximum Gasteiger partial charge on any atom is 0.252 e. The molecule has 0 fully saturated rings. The van der Waals surface area contributed by atoms with Crippen molar-refractivity contribution in [2.75, 3.05) is 13.2 Å². The van der Waals surface area contributed by atoms with Crippen LogP contribution in [-0.4, -0.2) is 24.1 Å². The lowest BCUT2D eigenvalue weighted by molar-refractivity contribution is -0.0163. The number of hydrogen-bond donors (Lipinski definition) is 0. The van der Waals surface area contributed by atoms with Crippen LogP contribution in [-0.2, 0) is 4.74 Å². The van der Waals surface area contributed by atoms with Gasteiger partial charge in [-0.15, -0.1) is 0 Å². The van der Waals surface area contributed by atoms with E-state index in [1.165, 1.54) is 0 Å². The Labute approximate surface area is 113 Å². The molecule has 0 spiro atoms. The van der Waals surface area contributed by atoms with E-state index < -0.39 is 5.24 Å². The first kappa shape index (κ1) is 15.0. The van der Waals surface area contributed by atoms with Crippen molar-refractivity contribution in [3.05, 3.63) is 29.3 Å². The molecule has 0 N–H and O–H groups in total. The average molecular weight is 271 g/mol. The molecule has 1 rings (SSSR count). The van der Waals surface area contributed by atoms with E-state index in [1.807, 2.05) is 33.8 Å². The molecule has 0 atom stereocenters. The summed E-state index contributed by atoms with van der Waals surface area (Å²) in [5.74, 6) is 0.666. The van der Waals surface area contributed by atoms with Crippen LogP contribution < -0.4 is 4.74 Å². The van der Waals surface area contributed by atoms with Gasteiger partial charge in [0, 0.05) is 5.56 Å². The van der Waals surface area contributed by atoms with Crippen LogP contribution >= 0.6 is 11.6 Å². The third-order valence-electron chi connectivity index (χ3n) is 2.29. The lowest BCUT2D eigenvalue weighted by atomic mass is 10.1. The molecule has 0 aliphatic carbocycles. The Morgan fingerprint density at radius 3 is 2.50 bits per heavy atom. The number of halogens is 1. The molecule has 0 unspecified atom stereocenters. The molecule has 0 aliphatic heterocycles. The number of ether oxygens (including phenoxy) is 2. The highest BCUT2D eigenvalue weighted by atomic mass is 35.5. The zero-order valence-corrected chi connectivity index (χ0v) is 12.0. The molecule has 0 aliphatic rings. The second-order valence-corrected chi connectivity index (χ2v) is 5.41. The highest BCUT2D eigenvalue weighted by Crippen LogP contribution is 2.20. The predicted molar refractivity (Wildman–Crippen MR) is 72.6 cm³/mol. The smallest absolute Gasteiger partial charge is 0.252 e. The molecule has 0 aromatic heterocycles. The summed E-state index contributed by atoms with van der Waals surface area (Å²) in [5, 5.41) is -0.481. The normalized spacial score (nSPS) is 11.4. The minimum absolute atomic E-state index is 0.174. The maximum atomic E-state index is 11.1. The van der Waals surface area contributed by atoms with Gasteiger partial charge in [-0.2, -0.15) is 0 Å². The second-order valence-electron chi connectivity index (χ2n) is 5.06. The van der Waals surface area contributed by atoms with Gasteiger partial charge in [-0.1, -0.05) is 6.07 Å². The van der Waals surface area contributed by atoms with Crippen LogP contribution in [0.3, 0.4) is 0 Å². The molecular weight excluding hydrogens is 252 g/mol. The van der Waals surface area contributed by atoms with Crippen LogP contribution in [0.2, 0.25) is 0 Å². The van der Waals surface area contributed by atoms with Gasteiger partial charge in [0.05, 0.1) is 12.2 Å². The Morgan fingerprint density at radius 1 is 1.28 bits per heavy atom. The number of rotatable bonds is 5. The monoisotopic (exact) mass is 270 g/mol. The van der Waals surface area contributed by atoms with Crippen LogP contribution in [0, 0.1) is 6.92 Å². The minimum Gasteiger partial charge on any atom is -0.491 e. The van der Waals surface area contributed by atoms with Crippen molar-refractivity contribution >= 4 is 16.8 Å². The minimum atomic E-state index is -0.481. The molecule has 18 heavy (non-hydrogen) atoms. The Kier molecular flexibility index (Phi) is 5.17. The maximum absolute atomic E-state index is 11.1. The summed E-state index contributed by atoms with van der Waals surface area (Å²) in [7, 11) is 0. The lowest BCUT2D eigenvalue weighted by Crippen LogP contribution is -2.22. The van der Waals surface area contributed by atoms with E-state index in [-0.39, 0.29) is 5.60 Å². The second kappa shape index (κ2) is 6.21. The summed E-state index contributed by atoms with van der Waals surface area (Å²) in [5.41, 5.74) is 1.23. The third kappa shape index (κ3) is 5.07. The zero-order valence-electron chi connectivity index (χ0n) is 11.2. The Balaban J connectivity index is 2.56. The molecule has 0 amide bonds. The van der Waals surface area contributed by atoms with Crippen molar-refractivity contribution in [1.82, 2.24) is 0 Å². The molecule has 1 aromatic rings. The highest BCUT2D eigenvalue weighted by Gasteiger charge is 2.10. The predicted octanol–water partition coefficient (Wildman–Crippen LogP) is 3.57. The van der Waals surface area contributed by atoms with Gasteiger partial charge in [-0.05, 0) is 57.0 Å². The van der Waals surface area contributed by atoms with Gasteiger partial charge >= 0.3 is 0 Å². The summed E-state index contributed by atoms with van der Waals surface area (Å²) in [4.78, 5) is 11.1. The van der Waals surface area contributed by atoms with E-state index in [2.05, 4.69) is 0 Å². The topological polar surface area (TPSA) is 35.5 Å². The molecule has 0 saturated heterocycles. The Bertz CT molecular complexity index is 422. The largest absolute Gasteiger partial charge is 0.491 e. The van der Waals surface area contributed by atoms with Gasteiger partial charge in [0.15, 0.2) is 0 Å². The summed E-state index contributed by atoms with van der Waals surface area (Å²) in [6.45, 7) is 8.84. The number of carbonyl (C=O) groups is 1. The van der Waals surface area contributed by atoms with Crippen molar-refractivity contribution < 1.29 is 14.3 Å². The standard InChI is InChI=1S/C14H19ClO3/c1-10-5-6-11(13(15)16)9-12(10)17-7-8-18-14(2,3)4/h5-6,9H,7-8H2,1-4H3. The van der Waals surface area contributed by atoms with Crippen LogP contribution in [0.15, 0.2) is 18.2 Å². The molecule has 3 nitrogen and oxygen atoms in total. The van der Waals surface area contributed by atoms with Crippen LogP contribution in [0.5, 0.6) is 5.75 Å². The van der Waals surface area contributed by atoms with Gasteiger partial charge in [0.2, 0.25) is 0 Å². The molecule has 0 saturated carbocycles. The summed E-state index contributed by atoms with van der Waals surface area (Å²) >= 11 is 5.43. The Morgan fingerprint density at radius 2 is 1.94 bits per heavy atom. The van der Waals surface area contributed by atoms with Gasteiger partial charge in [-0.3, -0.25) is 4.79 Å².